The standard InChI is InChI=1S/C14H8FI3O2/c15-9-3-1-8(2-4-9)13(19)7-20-14-11(17)5-10(16)6-12(14)18/h1-6H,7H2. The highest BCUT2D eigenvalue weighted by atomic mass is 127. The monoisotopic (exact) mass is 608 g/mol. The Labute approximate surface area is 156 Å². The zero-order chi connectivity index (χ0) is 14.7. The highest BCUT2D eigenvalue weighted by Gasteiger charge is 2.12. The predicted octanol–water partition coefficient (Wildman–Crippen LogP) is 4.90. The highest BCUT2D eigenvalue weighted by Crippen LogP contribution is 2.29. The second-order valence-corrected chi connectivity index (χ2v) is 7.49. The molecule has 0 aliphatic heterocycles. The smallest absolute Gasteiger partial charge is 0.200 e. The van der Waals surface area contributed by atoms with Gasteiger partial charge in [0.15, 0.2) is 12.4 Å². The molecule has 0 aliphatic carbocycles. The van der Waals surface area contributed by atoms with Gasteiger partial charge in [-0.25, -0.2) is 4.39 Å². The van der Waals surface area contributed by atoms with Crippen LogP contribution in [0.25, 0.3) is 0 Å². The predicted molar refractivity (Wildman–Crippen MR) is 101 cm³/mol. The summed E-state index contributed by atoms with van der Waals surface area (Å²) < 4.78 is 21.5. The minimum Gasteiger partial charge on any atom is -0.483 e. The van der Waals surface area contributed by atoms with E-state index in [0.29, 0.717) is 11.3 Å². The molecule has 2 aromatic carbocycles. The van der Waals surface area contributed by atoms with Crippen molar-refractivity contribution in [3.8, 4) is 5.75 Å². The molecule has 6 heteroatoms. The molecule has 0 aliphatic rings. The molecule has 0 saturated heterocycles. The maximum absolute atomic E-state index is 12.8. The van der Waals surface area contributed by atoms with E-state index in [0.717, 1.165) is 10.7 Å². The Kier molecular flexibility index (Phi) is 6.02. The number of carbonyl (C=O) groups is 1. The molecule has 104 valence electrons. The summed E-state index contributed by atoms with van der Waals surface area (Å²) in [5, 5.41) is 0. The minimum absolute atomic E-state index is 0.0573. The number of halogens is 4. The number of carbonyl (C=O) groups excluding carboxylic acids is 1. The van der Waals surface area contributed by atoms with Crippen LogP contribution in [0, 0.1) is 16.5 Å². The van der Waals surface area contributed by atoms with Crippen LogP contribution in [0.4, 0.5) is 4.39 Å². The van der Waals surface area contributed by atoms with Gasteiger partial charge in [-0.3, -0.25) is 4.79 Å². The zero-order valence-corrected chi connectivity index (χ0v) is 16.5. The summed E-state index contributed by atoms with van der Waals surface area (Å²) in [7, 11) is 0. The van der Waals surface area contributed by atoms with Gasteiger partial charge < -0.3 is 4.74 Å². The van der Waals surface area contributed by atoms with Gasteiger partial charge in [-0.2, -0.15) is 0 Å². The van der Waals surface area contributed by atoms with E-state index in [1.54, 1.807) is 0 Å². The van der Waals surface area contributed by atoms with Gasteiger partial charge in [-0.1, -0.05) is 0 Å². The number of Topliss-reactive ketones (excluding diaryl/α,β-unsaturated/α-hetero) is 1. The molecule has 0 radical (unpaired) electrons. The average molecular weight is 608 g/mol. The van der Waals surface area contributed by atoms with Crippen molar-refractivity contribution < 1.29 is 13.9 Å². The van der Waals surface area contributed by atoms with Crippen molar-refractivity contribution in [3.05, 3.63) is 58.5 Å². The Morgan fingerprint density at radius 2 is 1.60 bits per heavy atom. The summed E-state index contributed by atoms with van der Waals surface area (Å²) in [6, 6.07) is 9.44. The first kappa shape index (κ1) is 16.4. The molecule has 0 saturated carbocycles. The first-order valence-electron chi connectivity index (χ1n) is 5.53. The van der Waals surface area contributed by atoms with Crippen molar-refractivity contribution in [1.82, 2.24) is 0 Å². The fourth-order valence-electron chi connectivity index (χ4n) is 1.52. The molecule has 20 heavy (non-hydrogen) atoms. The number of rotatable bonds is 4. The Bertz CT molecular complexity index is 618. The van der Waals surface area contributed by atoms with Gasteiger partial charge in [0.2, 0.25) is 0 Å². The first-order valence-corrected chi connectivity index (χ1v) is 8.77. The lowest BCUT2D eigenvalue weighted by Crippen LogP contribution is -2.12. The molecule has 0 fully saturated rings. The van der Waals surface area contributed by atoms with Crippen LogP contribution >= 0.6 is 67.8 Å². The zero-order valence-electron chi connectivity index (χ0n) is 10.00. The van der Waals surface area contributed by atoms with Gasteiger partial charge in [0, 0.05) is 9.13 Å². The summed E-state index contributed by atoms with van der Waals surface area (Å²) in [5.74, 6) is 0.182. The molecular weight excluding hydrogens is 600 g/mol. The average Bonchev–Trinajstić information content (AvgIpc) is 2.38. The second-order valence-electron chi connectivity index (χ2n) is 3.92. The lowest BCUT2D eigenvalue weighted by atomic mass is 10.1. The Balaban J connectivity index is 2.09. The van der Waals surface area contributed by atoms with Crippen LogP contribution in [0.1, 0.15) is 10.4 Å². The number of benzene rings is 2. The summed E-state index contributed by atoms with van der Waals surface area (Å²) >= 11 is 6.60. The maximum Gasteiger partial charge on any atom is 0.200 e. The lowest BCUT2D eigenvalue weighted by molar-refractivity contribution is 0.0920. The van der Waals surface area contributed by atoms with Crippen LogP contribution in [-0.4, -0.2) is 12.4 Å². The fourth-order valence-corrected chi connectivity index (χ4v) is 5.42. The Morgan fingerprint density at radius 1 is 1.05 bits per heavy atom. The van der Waals surface area contributed by atoms with Gasteiger partial charge in [0.05, 0.1) is 7.14 Å². The minimum atomic E-state index is -0.357. The summed E-state index contributed by atoms with van der Waals surface area (Å²) in [6.45, 7) is -0.0573. The van der Waals surface area contributed by atoms with Crippen molar-refractivity contribution in [3.63, 3.8) is 0 Å². The van der Waals surface area contributed by atoms with E-state index in [1.165, 1.54) is 24.3 Å². The van der Waals surface area contributed by atoms with Gasteiger partial charge >= 0.3 is 0 Å². The molecule has 0 bridgehead atoms. The quantitative estimate of drug-likeness (QED) is 0.365. The van der Waals surface area contributed by atoms with Gasteiger partial charge in [-0.15, -0.1) is 0 Å². The fraction of sp³-hybridized carbons (Fsp3) is 0.0714. The third kappa shape index (κ3) is 4.26. The van der Waals surface area contributed by atoms with Crippen molar-refractivity contribution in [1.29, 1.82) is 0 Å². The van der Waals surface area contributed by atoms with Crippen molar-refractivity contribution in [2.24, 2.45) is 0 Å². The topological polar surface area (TPSA) is 26.3 Å². The number of hydrogen-bond acceptors (Lipinski definition) is 2. The number of hydrogen-bond donors (Lipinski definition) is 0. The van der Waals surface area contributed by atoms with Crippen LogP contribution in [0.15, 0.2) is 36.4 Å². The Morgan fingerprint density at radius 3 is 2.15 bits per heavy atom. The second kappa shape index (κ2) is 7.34. The van der Waals surface area contributed by atoms with Gasteiger partial charge in [-0.05, 0) is 104 Å². The molecule has 0 heterocycles. The van der Waals surface area contributed by atoms with E-state index in [-0.39, 0.29) is 18.2 Å². The van der Waals surface area contributed by atoms with E-state index in [1.807, 2.05) is 12.1 Å². The van der Waals surface area contributed by atoms with Crippen LogP contribution in [0.3, 0.4) is 0 Å². The van der Waals surface area contributed by atoms with Crippen LogP contribution in [0.5, 0.6) is 5.75 Å². The number of ether oxygens (including phenoxy) is 1. The van der Waals surface area contributed by atoms with E-state index in [9.17, 15) is 9.18 Å². The molecule has 0 unspecified atom stereocenters. The van der Waals surface area contributed by atoms with Gasteiger partial charge in [0.1, 0.15) is 11.6 Å². The lowest BCUT2D eigenvalue weighted by Gasteiger charge is -2.10. The normalized spacial score (nSPS) is 10.4. The van der Waals surface area contributed by atoms with Crippen molar-refractivity contribution in [2.45, 2.75) is 0 Å². The van der Waals surface area contributed by atoms with E-state index in [4.69, 9.17) is 4.74 Å². The largest absolute Gasteiger partial charge is 0.483 e. The van der Waals surface area contributed by atoms with Gasteiger partial charge in [0.25, 0.3) is 0 Å². The third-order valence-electron chi connectivity index (χ3n) is 2.48. The maximum atomic E-state index is 12.8. The molecular formula is C14H8FI3O2. The van der Waals surface area contributed by atoms with E-state index < -0.39 is 0 Å². The van der Waals surface area contributed by atoms with Crippen molar-refractivity contribution >= 4 is 73.6 Å². The molecule has 2 aromatic rings. The highest BCUT2D eigenvalue weighted by molar-refractivity contribution is 14.1. The van der Waals surface area contributed by atoms with E-state index in [2.05, 4.69) is 67.8 Å². The van der Waals surface area contributed by atoms with E-state index >= 15 is 0 Å². The number of ketones is 1. The van der Waals surface area contributed by atoms with Crippen LogP contribution in [-0.2, 0) is 0 Å². The summed E-state index contributed by atoms with van der Waals surface area (Å²) in [5.41, 5.74) is 0.446. The molecule has 0 spiro atoms. The van der Waals surface area contributed by atoms with Crippen LogP contribution < -0.4 is 4.74 Å². The first-order chi connectivity index (χ1) is 9.47. The molecule has 0 aromatic heterocycles. The summed E-state index contributed by atoms with van der Waals surface area (Å²) in [6.07, 6.45) is 0. The molecule has 0 N–H and O–H groups in total. The molecule has 2 nitrogen and oxygen atoms in total. The molecule has 2 rings (SSSR count). The van der Waals surface area contributed by atoms with Crippen LogP contribution in [0.2, 0.25) is 0 Å². The molecule has 0 amide bonds. The van der Waals surface area contributed by atoms with Crippen molar-refractivity contribution in [2.75, 3.05) is 6.61 Å². The SMILES string of the molecule is O=C(COc1c(I)cc(I)cc1I)c1ccc(F)cc1. The summed E-state index contributed by atoms with van der Waals surface area (Å²) in [4.78, 5) is 12.0. The third-order valence-corrected chi connectivity index (χ3v) is 4.70. The Hall–Kier alpha value is 0.0300. The molecule has 0 atom stereocenters.